The van der Waals surface area contributed by atoms with Gasteiger partial charge in [-0.05, 0) is 47.9 Å². The second kappa shape index (κ2) is 12.8. The van der Waals surface area contributed by atoms with Gasteiger partial charge in [-0.1, -0.05) is 146 Å². The topological polar surface area (TPSA) is 0 Å². The van der Waals surface area contributed by atoms with Crippen LogP contribution >= 0.6 is 23.2 Å². The van der Waals surface area contributed by atoms with Crippen LogP contribution in [0, 0.1) is 0 Å². The molecule has 0 bridgehead atoms. The van der Waals surface area contributed by atoms with Gasteiger partial charge in [0.25, 0.3) is 0 Å². The first-order valence-electron chi connectivity index (χ1n) is 12.4. The lowest BCUT2D eigenvalue weighted by atomic mass is 9.98. The molecule has 0 saturated carbocycles. The number of benzene rings is 4. The van der Waals surface area contributed by atoms with E-state index in [2.05, 4.69) is 84.9 Å². The van der Waals surface area contributed by atoms with E-state index in [9.17, 15) is 0 Å². The quantitative estimate of drug-likeness (QED) is 0.185. The lowest BCUT2D eigenvalue weighted by molar-refractivity contribution is 0.594. The van der Waals surface area contributed by atoms with Crippen LogP contribution in [0.15, 0.2) is 97.1 Å². The number of unbranched alkanes of at least 4 members (excludes halogenated alkanes) is 5. The first kappa shape index (κ1) is 24.6. The monoisotopic (exact) mass is 486 g/mol. The molecule has 0 aromatic heterocycles. The molecule has 0 aliphatic rings. The Morgan fingerprint density at radius 2 is 0.765 bits per heavy atom. The summed E-state index contributed by atoms with van der Waals surface area (Å²) in [5.74, 6) is 0. The molecule has 0 heterocycles. The zero-order valence-corrected chi connectivity index (χ0v) is 21.2. The molecule has 0 unspecified atom stereocenters. The highest BCUT2D eigenvalue weighted by Gasteiger charge is 2.09. The van der Waals surface area contributed by atoms with Crippen LogP contribution in [0.5, 0.6) is 0 Å². The van der Waals surface area contributed by atoms with Crippen LogP contribution < -0.4 is 0 Å². The third kappa shape index (κ3) is 6.53. The van der Waals surface area contributed by atoms with E-state index in [1.807, 2.05) is 12.1 Å². The molecule has 0 aliphatic carbocycles. The Hall–Kier alpha value is -2.54. The van der Waals surface area contributed by atoms with Gasteiger partial charge in [-0.15, -0.1) is 0 Å². The minimum atomic E-state index is 0.906. The van der Waals surface area contributed by atoms with E-state index in [0.717, 1.165) is 34.0 Å². The molecular weight excluding hydrogens is 455 g/mol. The highest BCUT2D eigenvalue weighted by atomic mass is 35.5. The third-order valence-electron chi connectivity index (χ3n) is 6.47. The van der Waals surface area contributed by atoms with E-state index in [1.165, 1.54) is 60.8 Å². The molecule has 0 saturated heterocycles. The van der Waals surface area contributed by atoms with Gasteiger partial charge in [0.05, 0.1) is 10.0 Å². The van der Waals surface area contributed by atoms with Gasteiger partial charge in [0.1, 0.15) is 0 Å². The highest BCUT2D eigenvalue weighted by Crippen LogP contribution is 2.32. The van der Waals surface area contributed by atoms with Crippen LogP contribution in [-0.4, -0.2) is 0 Å². The van der Waals surface area contributed by atoms with Gasteiger partial charge in [0.15, 0.2) is 0 Å². The number of aryl methyl sites for hydroxylation is 2. The average Bonchev–Trinajstić information content (AvgIpc) is 2.88. The Kier molecular flexibility index (Phi) is 9.25. The van der Waals surface area contributed by atoms with E-state index >= 15 is 0 Å². The fourth-order valence-electron chi connectivity index (χ4n) is 4.57. The number of hydrogen-bond acceptors (Lipinski definition) is 0. The van der Waals surface area contributed by atoms with Crippen molar-refractivity contribution >= 4 is 23.2 Å². The second-order valence-electron chi connectivity index (χ2n) is 8.91. The number of halogens is 2. The molecule has 0 amide bonds. The van der Waals surface area contributed by atoms with Crippen molar-refractivity contribution in [2.24, 2.45) is 0 Å². The van der Waals surface area contributed by atoms with E-state index in [-0.39, 0.29) is 0 Å². The average molecular weight is 488 g/mol. The zero-order valence-electron chi connectivity index (χ0n) is 19.7. The number of rotatable bonds is 11. The van der Waals surface area contributed by atoms with Gasteiger partial charge in [-0.2, -0.15) is 0 Å². The standard InChI is InChI=1S/C32H32Cl2/c33-31-27(21-13-23-29(31)25-15-9-5-10-16-25)19-7-3-1-2-4-8-20-28-22-14-24-30(32(28)34)26-17-11-6-12-18-26/h5-6,9-18,21-24H,1-4,7-8,19-20H2. The van der Waals surface area contributed by atoms with Crippen molar-refractivity contribution in [1.29, 1.82) is 0 Å². The first-order valence-corrected chi connectivity index (χ1v) is 13.2. The molecule has 34 heavy (non-hydrogen) atoms. The summed E-state index contributed by atoms with van der Waals surface area (Å²) in [5.41, 5.74) is 7.16. The molecule has 4 aromatic carbocycles. The summed E-state index contributed by atoms with van der Waals surface area (Å²) in [6.45, 7) is 0. The van der Waals surface area contributed by atoms with Crippen LogP contribution in [0.4, 0.5) is 0 Å². The summed E-state index contributed by atoms with van der Waals surface area (Å²) in [4.78, 5) is 0. The van der Waals surface area contributed by atoms with E-state index in [4.69, 9.17) is 23.2 Å². The molecule has 0 spiro atoms. The summed E-state index contributed by atoms with van der Waals surface area (Å²) in [6, 6.07) is 33.6. The zero-order chi connectivity index (χ0) is 23.6. The van der Waals surface area contributed by atoms with Crippen LogP contribution in [-0.2, 0) is 12.8 Å². The van der Waals surface area contributed by atoms with Crippen LogP contribution in [0.2, 0.25) is 10.0 Å². The lowest BCUT2D eigenvalue weighted by Crippen LogP contribution is -1.92. The molecule has 0 N–H and O–H groups in total. The van der Waals surface area contributed by atoms with Gasteiger partial charge in [0, 0.05) is 11.1 Å². The van der Waals surface area contributed by atoms with Gasteiger partial charge in [0.2, 0.25) is 0 Å². The van der Waals surface area contributed by atoms with Crippen molar-refractivity contribution in [3.05, 3.63) is 118 Å². The molecule has 0 atom stereocenters. The maximum Gasteiger partial charge on any atom is 0.0516 e. The summed E-state index contributed by atoms with van der Waals surface area (Å²) in [6.07, 6.45) is 9.49. The third-order valence-corrected chi connectivity index (χ3v) is 7.36. The van der Waals surface area contributed by atoms with E-state index in [0.29, 0.717) is 0 Å². The summed E-state index contributed by atoms with van der Waals surface area (Å²) >= 11 is 13.5. The van der Waals surface area contributed by atoms with Crippen molar-refractivity contribution in [2.45, 2.75) is 51.4 Å². The van der Waals surface area contributed by atoms with Crippen molar-refractivity contribution in [3.63, 3.8) is 0 Å². The molecule has 4 aromatic rings. The molecule has 0 fully saturated rings. The Labute approximate surface area is 214 Å². The predicted octanol–water partition coefficient (Wildman–Crippen LogP) is 10.5. The smallest absolute Gasteiger partial charge is 0.0516 e. The molecule has 0 radical (unpaired) electrons. The number of hydrogen-bond donors (Lipinski definition) is 0. The maximum atomic E-state index is 6.74. The van der Waals surface area contributed by atoms with E-state index < -0.39 is 0 Å². The van der Waals surface area contributed by atoms with Gasteiger partial charge in [-0.25, -0.2) is 0 Å². The lowest BCUT2D eigenvalue weighted by Gasteiger charge is -2.11. The summed E-state index contributed by atoms with van der Waals surface area (Å²) in [7, 11) is 0. The first-order chi connectivity index (χ1) is 16.7. The minimum absolute atomic E-state index is 0.906. The van der Waals surface area contributed by atoms with Gasteiger partial charge >= 0.3 is 0 Å². The highest BCUT2D eigenvalue weighted by molar-refractivity contribution is 6.34. The summed E-state index contributed by atoms with van der Waals surface area (Å²) in [5, 5.41) is 1.81. The van der Waals surface area contributed by atoms with Gasteiger partial charge in [-0.3, -0.25) is 0 Å². The maximum absolute atomic E-state index is 6.74. The van der Waals surface area contributed by atoms with Crippen molar-refractivity contribution in [1.82, 2.24) is 0 Å². The molecule has 2 heteroatoms. The fourth-order valence-corrected chi connectivity index (χ4v) is 5.22. The van der Waals surface area contributed by atoms with Gasteiger partial charge < -0.3 is 0 Å². The Morgan fingerprint density at radius 1 is 0.382 bits per heavy atom. The largest absolute Gasteiger partial charge is 0.0834 e. The van der Waals surface area contributed by atoms with Crippen LogP contribution in [0.3, 0.4) is 0 Å². The Balaban J connectivity index is 1.18. The normalized spacial score (nSPS) is 11.0. The molecule has 4 rings (SSSR count). The molecular formula is C32H32Cl2. The fraction of sp³-hybridized carbons (Fsp3) is 0.250. The van der Waals surface area contributed by atoms with Crippen molar-refractivity contribution in [3.8, 4) is 22.3 Å². The molecule has 0 nitrogen and oxygen atoms in total. The van der Waals surface area contributed by atoms with Crippen molar-refractivity contribution < 1.29 is 0 Å². The Bertz CT molecular complexity index is 1070. The minimum Gasteiger partial charge on any atom is -0.0834 e. The van der Waals surface area contributed by atoms with Crippen LogP contribution in [0.1, 0.15) is 49.7 Å². The molecule has 0 aliphatic heterocycles. The summed E-state index contributed by atoms with van der Waals surface area (Å²) < 4.78 is 0. The predicted molar refractivity (Wildman–Crippen MR) is 149 cm³/mol. The second-order valence-corrected chi connectivity index (χ2v) is 9.67. The SMILES string of the molecule is Clc1c(CCCCCCCCc2cccc(-c3ccccc3)c2Cl)cccc1-c1ccccc1. The van der Waals surface area contributed by atoms with Crippen molar-refractivity contribution in [2.75, 3.05) is 0 Å². The molecule has 174 valence electrons. The van der Waals surface area contributed by atoms with Crippen LogP contribution in [0.25, 0.3) is 22.3 Å². The Morgan fingerprint density at radius 3 is 1.18 bits per heavy atom. The van der Waals surface area contributed by atoms with E-state index in [1.54, 1.807) is 0 Å².